The van der Waals surface area contributed by atoms with E-state index in [1.807, 2.05) is 0 Å². The first-order valence-electron chi connectivity index (χ1n) is 8.04. The molecule has 0 aliphatic carbocycles. The molecule has 2 aromatic heterocycles. The molecule has 1 saturated heterocycles. The van der Waals surface area contributed by atoms with Gasteiger partial charge in [-0.3, -0.25) is 4.79 Å². The van der Waals surface area contributed by atoms with Crippen LogP contribution in [0.1, 0.15) is 5.76 Å². The van der Waals surface area contributed by atoms with Gasteiger partial charge in [-0.1, -0.05) is 0 Å². The minimum Gasteiger partial charge on any atom is -0.495 e. The first-order chi connectivity index (χ1) is 12.4. The van der Waals surface area contributed by atoms with Gasteiger partial charge < -0.3 is 18.3 Å². The number of furan rings is 1. The number of nitrogens with zero attached hydrogens (tertiary/aromatic N) is 1. The Morgan fingerprint density at radius 3 is 2.62 bits per heavy atom. The zero-order chi connectivity index (χ0) is 18.5. The molecule has 3 aromatic rings. The Morgan fingerprint density at radius 2 is 1.92 bits per heavy atom. The third kappa shape index (κ3) is 2.43. The van der Waals surface area contributed by atoms with Crippen LogP contribution in [-0.4, -0.2) is 46.1 Å². The van der Waals surface area contributed by atoms with Gasteiger partial charge in [-0.15, -0.1) is 0 Å². The lowest BCUT2D eigenvalue weighted by molar-refractivity contribution is 0.0730. The van der Waals surface area contributed by atoms with Crippen molar-refractivity contribution in [1.82, 2.24) is 4.31 Å². The van der Waals surface area contributed by atoms with Crippen LogP contribution in [0, 0.1) is 6.92 Å². The summed E-state index contributed by atoms with van der Waals surface area (Å²) in [6, 6.07) is 2.88. The summed E-state index contributed by atoms with van der Waals surface area (Å²) in [6.07, 6.45) is 1.36. The topological polar surface area (TPSA) is 99.2 Å². The zero-order valence-electron chi connectivity index (χ0n) is 14.3. The fourth-order valence-corrected chi connectivity index (χ4v) is 4.91. The molecule has 138 valence electrons. The Hall–Kier alpha value is -2.36. The maximum Gasteiger partial charge on any atom is 0.250 e. The van der Waals surface area contributed by atoms with E-state index in [2.05, 4.69) is 0 Å². The second-order valence-corrected chi connectivity index (χ2v) is 7.84. The van der Waals surface area contributed by atoms with Crippen molar-refractivity contribution in [3.8, 4) is 5.75 Å². The molecule has 1 aliphatic rings. The van der Waals surface area contributed by atoms with Crippen LogP contribution in [0.2, 0.25) is 0 Å². The summed E-state index contributed by atoms with van der Waals surface area (Å²) in [5.74, 6) is 0.535. The van der Waals surface area contributed by atoms with E-state index in [9.17, 15) is 13.2 Å². The van der Waals surface area contributed by atoms with Crippen molar-refractivity contribution in [2.75, 3.05) is 33.4 Å². The summed E-state index contributed by atoms with van der Waals surface area (Å²) in [4.78, 5) is 12.4. The maximum atomic E-state index is 13.3. The van der Waals surface area contributed by atoms with Crippen LogP contribution >= 0.6 is 0 Å². The first kappa shape index (κ1) is 17.1. The maximum absolute atomic E-state index is 13.3. The van der Waals surface area contributed by atoms with Crippen LogP contribution in [0.4, 0.5) is 0 Å². The minimum atomic E-state index is -3.97. The van der Waals surface area contributed by atoms with Gasteiger partial charge in [0, 0.05) is 19.2 Å². The molecule has 9 heteroatoms. The Morgan fingerprint density at radius 1 is 1.19 bits per heavy atom. The molecule has 0 spiro atoms. The molecule has 0 bridgehead atoms. The third-order valence-corrected chi connectivity index (χ3v) is 6.32. The molecule has 1 fully saturated rings. The van der Waals surface area contributed by atoms with E-state index < -0.39 is 10.0 Å². The zero-order valence-corrected chi connectivity index (χ0v) is 15.1. The average Bonchev–Trinajstić information content (AvgIpc) is 3.09. The van der Waals surface area contributed by atoms with E-state index in [1.165, 1.54) is 23.7 Å². The van der Waals surface area contributed by atoms with Gasteiger partial charge in [0.2, 0.25) is 0 Å². The quantitative estimate of drug-likeness (QED) is 0.685. The average molecular weight is 379 g/mol. The number of aryl methyl sites for hydroxylation is 1. The number of rotatable bonds is 3. The Balaban J connectivity index is 2.17. The summed E-state index contributed by atoms with van der Waals surface area (Å²) >= 11 is 0. The van der Waals surface area contributed by atoms with Crippen LogP contribution in [0.3, 0.4) is 0 Å². The summed E-state index contributed by atoms with van der Waals surface area (Å²) < 4.78 is 49.8. The largest absolute Gasteiger partial charge is 0.495 e. The second kappa shape index (κ2) is 6.11. The van der Waals surface area contributed by atoms with Crippen molar-refractivity contribution >= 4 is 32.0 Å². The van der Waals surface area contributed by atoms with Crippen LogP contribution < -0.4 is 10.2 Å². The molecule has 0 radical (unpaired) electrons. The number of methoxy groups -OCH3 is 1. The standard InChI is InChI=1S/C17H17NO7S/c1-10-9-12(19)13-14(22-2)11-3-6-24-15(11)17(16(13)25-10)26(20,21)18-4-7-23-8-5-18/h3,6,9H,4-5,7-8H2,1-2H3. The van der Waals surface area contributed by atoms with Gasteiger partial charge in [0.15, 0.2) is 21.5 Å². The van der Waals surface area contributed by atoms with Crippen LogP contribution in [0.25, 0.3) is 21.9 Å². The highest BCUT2D eigenvalue weighted by Crippen LogP contribution is 2.40. The van der Waals surface area contributed by atoms with Gasteiger partial charge in [0.1, 0.15) is 16.9 Å². The molecule has 0 amide bonds. The highest BCUT2D eigenvalue weighted by Gasteiger charge is 2.35. The van der Waals surface area contributed by atoms with Gasteiger partial charge in [0.05, 0.1) is 32.0 Å². The lowest BCUT2D eigenvalue weighted by Crippen LogP contribution is -2.40. The minimum absolute atomic E-state index is 0.0548. The molecule has 8 nitrogen and oxygen atoms in total. The van der Waals surface area contributed by atoms with E-state index in [1.54, 1.807) is 13.0 Å². The second-order valence-electron chi connectivity index (χ2n) is 5.97. The smallest absolute Gasteiger partial charge is 0.250 e. The SMILES string of the molecule is COc1c2ccoc2c(S(=O)(=O)N2CCOCC2)c2oc(C)cc(=O)c12. The third-order valence-electron chi connectivity index (χ3n) is 4.39. The number of benzene rings is 1. The molecule has 1 aromatic carbocycles. The summed E-state index contributed by atoms with van der Waals surface area (Å²) in [5, 5.41) is 0.488. The van der Waals surface area contributed by atoms with E-state index in [0.717, 1.165) is 0 Å². The van der Waals surface area contributed by atoms with E-state index >= 15 is 0 Å². The molecule has 0 saturated carbocycles. The van der Waals surface area contributed by atoms with Crippen molar-refractivity contribution < 1.29 is 26.7 Å². The number of hydrogen-bond acceptors (Lipinski definition) is 7. The van der Waals surface area contributed by atoms with Crippen molar-refractivity contribution in [2.45, 2.75) is 11.8 Å². The van der Waals surface area contributed by atoms with Crippen molar-refractivity contribution in [3.05, 3.63) is 34.4 Å². The van der Waals surface area contributed by atoms with E-state index in [4.69, 9.17) is 18.3 Å². The molecular weight excluding hydrogens is 362 g/mol. The molecular formula is C17H17NO7S. The molecule has 26 heavy (non-hydrogen) atoms. The number of fused-ring (bicyclic) bond motifs is 2. The normalized spacial score (nSPS) is 16.4. The van der Waals surface area contributed by atoms with Gasteiger partial charge in [-0.25, -0.2) is 8.42 Å². The van der Waals surface area contributed by atoms with E-state index in [-0.39, 0.29) is 45.7 Å². The molecule has 3 heterocycles. The molecule has 4 rings (SSSR count). The Bertz CT molecular complexity index is 1150. The first-order valence-corrected chi connectivity index (χ1v) is 9.48. The molecule has 0 atom stereocenters. The van der Waals surface area contributed by atoms with Crippen molar-refractivity contribution in [1.29, 1.82) is 0 Å². The molecule has 0 unspecified atom stereocenters. The highest BCUT2D eigenvalue weighted by molar-refractivity contribution is 7.89. The summed E-state index contributed by atoms with van der Waals surface area (Å²) in [6.45, 7) is 2.63. The summed E-state index contributed by atoms with van der Waals surface area (Å²) in [5.41, 5.74) is -0.322. The Kier molecular flexibility index (Phi) is 4.02. The monoisotopic (exact) mass is 379 g/mol. The number of morpholine rings is 1. The molecule has 1 aliphatic heterocycles. The van der Waals surface area contributed by atoms with Gasteiger partial charge in [-0.05, 0) is 13.0 Å². The fourth-order valence-electron chi connectivity index (χ4n) is 3.25. The van der Waals surface area contributed by atoms with Crippen LogP contribution in [0.15, 0.2) is 36.9 Å². The number of hydrogen-bond donors (Lipinski definition) is 0. The molecule has 0 N–H and O–H groups in total. The summed E-state index contributed by atoms with van der Waals surface area (Å²) in [7, 11) is -2.56. The predicted octanol–water partition coefficient (Wildman–Crippen LogP) is 1.88. The van der Waals surface area contributed by atoms with Crippen LogP contribution in [-0.2, 0) is 14.8 Å². The predicted molar refractivity (Wildman–Crippen MR) is 93.1 cm³/mol. The van der Waals surface area contributed by atoms with Gasteiger partial charge in [0.25, 0.3) is 10.0 Å². The van der Waals surface area contributed by atoms with Crippen LogP contribution in [0.5, 0.6) is 5.75 Å². The van der Waals surface area contributed by atoms with Gasteiger partial charge in [-0.2, -0.15) is 4.31 Å². The van der Waals surface area contributed by atoms with E-state index in [0.29, 0.717) is 24.4 Å². The number of sulfonamides is 1. The lowest BCUT2D eigenvalue weighted by atomic mass is 10.1. The van der Waals surface area contributed by atoms with Crippen molar-refractivity contribution in [3.63, 3.8) is 0 Å². The Labute approximate surface area is 148 Å². The van der Waals surface area contributed by atoms with Gasteiger partial charge >= 0.3 is 0 Å². The number of ether oxygens (including phenoxy) is 2. The fraction of sp³-hybridized carbons (Fsp3) is 0.353. The van der Waals surface area contributed by atoms with Crippen molar-refractivity contribution in [2.24, 2.45) is 0 Å². The highest BCUT2D eigenvalue weighted by atomic mass is 32.2. The lowest BCUT2D eigenvalue weighted by Gasteiger charge is -2.26.